The standard InChI is InChI=1S/C12H20N2O2S2/c1-5-16-12(15)10-9(4)14-18-11(10)13-8(3)7-17-6-2/h8,13H,5-7H2,1-4H3. The van der Waals surface area contributed by atoms with Crippen molar-refractivity contribution < 1.29 is 9.53 Å². The Morgan fingerprint density at radius 3 is 2.89 bits per heavy atom. The molecule has 1 unspecified atom stereocenters. The van der Waals surface area contributed by atoms with E-state index in [1.54, 1.807) is 6.92 Å². The highest BCUT2D eigenvalue weighted by Gasteiger charge is 2.20. The van der Waals surface area contributed by atoms with Crippen LogP contribution in [0.15, 0.2) is 0 Å². The molecule has 0 saturated carbocycles. The molecule has 1 N–H and O–H groups in total. The Labute approximate surface area is 117 Å². The molecule has 4 nitrogen and oxygen atoms in total. The van der Waals surface area contributed by atoms with Crippen molar-refractivity contribution in [3.8, 4) is 0 Å². The van der Waals surface area contributed by atoms with Crippen molar-refractivity contribution in [3.05, 3.63) is 11.3 Å². The predicted octanol–water partition coefficient (Wildman–Crippen LogP) is 3.18. The molecule has 0 bridgehead atoms. The Balaban J connectivity index is 2.74. The summed E-state index contributed by atoms with van der Waals surface area (Å²) in [7, 11) is 0. The number of nitrogens with one attached hydrogen (secondary N) is 1. The van der Waals surface area contributed by atoms with Crippen LogP contribution in [0.4, 0.5) is 5.00 Å². The third kappa shape index (κ3) is 4.17. The molecular formula is C12H20N2O2S2. The number of ether oxygens (including phenoxy) is 1. The minimum absolute atomic E-state index is 0.290. The highest BCUT2D eigenvalue weighted by Crippen LogP contribution is 2.26. The first-order chi connectivity index (χ1) is 8.60. The molecule has 0 aliphatic carbocycles. The second-order valence-electron chi connectivity index (χ2n) is 3.90. The molecule has 0 saturated heterocycles. The summed E-state index contributed by atoms with van der Waals surface area (Å²) < 4.78 is 9.28. The van der Waals surface area contributed by atoms with Crippen LogP contribution in [-0.4, -0.2) is 34.5 Å². The highest BCUT2D eigenvalue weighted by atomic mass is 32.2. The Bertz CT molecular complexity index is 393. The molecule has 1 rings (SSSR count). The minimum Gasteiger partial charge on any atom is -0.462 e. The monoisotopic (exact) mass is 288 g/mol. The molecule has 102 valence electrons. The summed E-state index contributed by atoms with van der Waals surface area (Å²) in [4.78, 5) is 11.8. The minimum atomic E-state index is -0.290. The molecular weight excluding hydrogens is 268 g/mol. The van der Waals surface area contributed by atoms with Crippen molar-refractivity contribution >= 4 is 34.3 Å². The number of thioether (sulfide) groups is 1. The number of aryl methyl sites for hydroxylation is 1. The van der Waals surface area contributed by atoms with E-state index in [1.165, 1.54) is 11.5 Å². The van der Waals surface area contributed by atoms with E-state index in [2.05, 4.69) is 23.5 Å². The smallest absolute Gasteiger partial charge is 0.343 e. The predicted molar refractivity (Wildman–Crippen MR) is 78.9 cm³/mol. The molecule has 1 atom stereocenters. The van der Waals surface area contributed by atoms with Crippen LogP contribution in [0.2, 0.25) is 0 Å². The van der Waals surface area contributed by atoms with Crippen molar-refractivity contribution in [3.63, 3.8) is 0 Å². The second kappa shape index (κ2) is 7.63. The number of hydrogen-bond acceptors (Lipinski definition) is 6. The average Bonchev–Trinajstić information content (AvgIpc) is 2.68. The average molecular weight is 288 g/mol. The van der Waals surface area contributed by atoms with Crippen molar-refractivity contribution in [2.45, 2.75) is 33.7 Å². The summed E-state index contributed by atoms with van der Waals surface area (Å²) in [5, 5.41) is 4.15. The summed E-state index contributed by atoms with van der Waals surface area (Å²) in [5.74, 6) is 1.82. The Morgan fingerprint density at radius 1 is 1.56 bits per heavy atom. The van der Waals surface area contributed by atoms with Crippen LogP contribution in [0.25, 0.3) is 0 Å². The van der Waals surface area contributed by atoms with Gasteiger partial charge in [0.15, 0.2) is 0 Å². The number of hydrogen-bond donors (Lipinski definition) is 1. The van der Waals surface area contributed by atoms with Gasteiger partial charge in [0.1, 0.15) is 10.6 Å². The van der Waals surface area contributed by atoms with Crippen molar-refractivity contribution in [1.82, 2.24) is 4.37 Å². The van der Waals surface area contributed by atoms with Crippen LogP contribution >= 0.6 is 23.3 Å². The number of anilines is 1. The van der Waals surface area contributed by atoms with Crippen LogP contribution in [0, 0.1) is 6.92 Å². The lowest BCUT2D eigenvalue weighted by Crippen LogP contribution is -2.19. The first-order valence-corrected chi connectivity index (χ1v) is 8.00. The molecule has 0 radical (unpaired) electrons. The molecule has 0 aromatic carbocycles. The number of esters is 1. The maximum atomic E-state index is 11.8. The number of rotatable bonds is 7. The number of carbonyl (C=O) groups excluding carboxylic acids is 1. The number of nitrogens with zero attached hydrogens (tertiary/aromatic N) is 1. The molecule has 0 spiro atoms. The third-order valence-electron chi connectivity index (χ3n) is 2.29. The van der Waals surface area contributed by atoms with Gasteiger partial charge in [0.2, 0.25) is 0 Å². The van der Waals surface area contributed by atoms with Gasteiger partial charge in [0, 0.05) is 11.8 Å². The van der Waals surface area contributed by atoms with Gasteiger partial charge in [-0.05, 0) is 38.1 Å². The Hall–Kier alpha value is -0.750. The quantitative estimate of drug-likeness (QED) is 0.781. The lowest BCUT2D eigenvalue weighted by Gasteiger charge is -2.13. The maximum absolute atomic E-state index is 11.8. The largest absolute Gasteiger partial charge is 0.462 e. The van der Waals surface area contributed by atoms with Crippen LogP contribution in [0.3, 0.4) is 0 Å². The normalized spacial score (nSPS) is 12.2. The fraction of sp³-hybridized carbons (Fsp3) is 0.667. The van der Waals surface area contributed by atoms with Gasteiger partial charge in [-0.2, -0.15) is 16.1 Å². The van der Waals surface area contributed by atoms with Gasteiger partial charge < -0.3 is 10.1 Å². The molecule has 0 aliphatic rings. The van der Waals surface area contributed by atoms with E-state index < -0.39 is 0 Å². The Kier molecular flexibility index (Phi) is 6.49. The van der Waals surface area contributed by atoms with Gasteiger partial charge in [-0.15, -0.1) is 0 Å². The topological polar surface area (TPSA) is 51.2 Å². The second-order valence-corrected chi connectivity index (χ2v) is 5.99. The van der Waals surface area contributed by atoms with Crippen LogP contribution in [0.1, 0.15) is 36.8 Å². The van der Waals surface area contributed by atoms with E-state index in [9.17, 15) is 4.79 Å². The first kappa shape index (κ1) is 15.3. The van der Waals surface area contributed by atoms with Gasteiger partial charge in [-0.1, -0.05) is 6.92 Å². The fourth-order valence-electron chi connectivity index (χ4n) is 1.47. The maximum Gasteiger partial charge on any atom is 0.343 e. The van der Waals surface area contributed by atoms with Gasteiger partial charge in [-0.25, -0.2) is 4.79 Å². The number of aromatic nitrogens is 1. The zero-order chi connectivity index (χ0) is 13.5. The zero-order valence-electron chi connectivity index (χ0n) is 11.3. The van der Waals surface area contributed by atoms with E-state index in [-0.39, 0.29) is 5.97 Å². The molecule has 0 fully saturated rings. The van der Waals surface area contributed by atoms with Crippen molar-refractivity contribution in [1.29, 1.82) is 0 Å². The van der Waals surface area contributed by atoms with Gasteiger partial charge in [0.25, 0.3) is 0 Å². The summed E-state index contributed by atoms with van der Waals surface area (Å²) >= 11 is 3.19. The van der Waals surface area contributed by atoms with Crippen molar-refractivity contribution in [2.24, 2.45) is 0 Å². The molecule has 1 heterocycles. The Morgan fingerprint density at radius 2 is 2.28 bits per heavy atom. The highest BCUT2D eigenvalue weighted by molar-refractivity contribution is 7.99. The van der Waals surface area contributed by atoms with Crippen LogP contribution in [-0.2, 0) is 4.74 Å². The van der Waals surface area contributed by atoms with Crippen molar-refractivity contribution in [2.75, 3.05) is 23.4 Å². The van der Waals surface area contributed by atoms with E-state index in [0.29, 0.717) is 18.2 Å². The van der Waals surface area contributed by atoms with Gasteiger partial charge in [0.05, 0.1) is 12.3 Å². The van der Waals surface area contributed by atoms with E-state index in [1.807, 2.05) is 18.7 Å². The van der Waals surface area contributed by atoms with E-state index >= 15 is 0 Å². The van der Waals surface area contributed by atoms with Gasteiger partial charge >= 0.3 is 5.97 Å². The number of carbonyl (C=O) groups is 1. The lowest BCUT2D eigenvalue weighted by atomic mass is 10.2. The summed E-state index contributed by atoms with van der Waals surface area (Å²) in [5.41, 5.74) is 1.31. The summed E-state index contributed by atoms with van der Waals surface area (Å²) in [6.45, 7) is 8.26. The van der Waals surface area contributed by atoms with Gasteiger partial charge in [-0.3, -0.25) is 0 Å². The molecule has 0 amide bonds. The summed E-state index contributed by atoms with van der Waals surface area (Å²) in [6.07, 6.45) is 0. The summed E-state index contributed by atoms with van der Waals surface area (Å²) in [6, 6.07) is 0.308. The third-order valence-corrected chi connectivity index (χ3v) is 4.31. The van der Waals surface area contributed by atoms with Crippen LogP contribution < -0.4 is 5.32 Å². The SMILES string of the molecule is CCOC(=O)c1c(C)nsc1NC(C)CSCC. The zero-order valence-corrected chi connectivity index (χ0v) is 12.9. The molecule has 1 aromatic heterocycles. The first-order valence-electron chi connectivity index (χ1n) is 6.07. The molecule has 0 aliphatic heterocycles. The molecule has 6 heteroatoms. The molecule has 18 heavy (non-hydrogen) atoms. The van der Waals surface area contributed by atoms with E-state index in [0.717, 1.165) is 22.2 Å². The fourth-order valence-corrected chi connectivity index (χ4v) is 3.04. The molecule has 1 aromatic rings. The van der Waals surface area contributed by atoms with Crippen LogP contribution in [0.5, 0.6) is 0 Å². The van der Waals surface area contributed by atoms with E-state index in [4.69, 9.17) is 4.74 Å². The lowest BCUT2D eigenvalue weighted by molar-refractivity contribution is 0.0527.